The summed E-state index contributed by atoms with van der Waals surface area (Å²) < 4.78 is 15.1. The maximum Gasteiger partial charge on any atom is 0.191 e. The molecule has 154 valence electrons. The van der Waals surface area contributed by atoms with Crippen LogP contribution in [0.25, 0.3) is 5.69 Å². The van der Waals surface area contributed by atoms with E-state index < -0.39 is 0 Å². The molecule has 5 nitrogen and oxygen atoms in total. The van der Waals surface area contributed by atoms with E-state index >= 15 is 0 Å². The predicted molar refractivity (Wildman–Crippen MR) is 127 cm³/mol. The Bertz CT molecular complexity index is 895. The molecule has 2 N–H and O–H groups in total. The molecular weight excluding hydrogens is 480 g/mol. The van der Waals surface area contributed by atoms with Gasteiger partial charge in [-0.15, -0.1) is 24.0 Å². The summed E-state index contributed by atoms with van der Waals surface area (Å²) in [4.78, 5) is 4.57. The summed E-state index contributed by atoms with van der Waals surface area (Å²) in [5.74, 6) is 0.567. The number of halogens is 2. The lowest BCUT2D eigenvalue weighted by molar-refractivity contribution is 0.625. The summed E-state index contributed by atoms with van der Waals surface area (Å²) in [5.41, 5.74) is 3.16. The lowest BCUT2D eigenvalue weighted by Crippen LogP contribution is -2.38. The molecule has 0 aliphatic heterocycles. The van der Waals surface area contributed by atoms with Crippen LogP contribution in [0.2, 0.25) is 0 Å². The van der Waals surface area contributed by atoms with E-state index in [2.05, 4.69) is 20.7 Å². The number of nitrogens with zero attached hydrogens (tertiary/aromatic N) is 3. The molecule has 0 spiro atoms. The van der Waals surface area contributed by atoms with Crippen molar-refractivity contribution < 1.29 is 4.39 Å². The van der Waals surface area contributed by atoms with Crippen LogP contribution in [0.3, 0.4) is 0 Å². The standard InChI is InChI=1S/C22H26FN5.HI/c1-2-24-22(25-13-11-18-7-6-8-20(23)15-18)26-14-12-19-16-27-28(17-19)21-9-4-3-5-10-21;/h3-10,15-17H,2,11-14H2,1H3,(H2,24,25,26);1H. The number of guanidine groups is 1. The minimum Gasteiger partial charge on any atom is -0.357 e. The van der Waals surface area contributed by atoms with Crippen LogP contribution < -0.4 is 10.6 Å². The zero-order valence-electron chi connectivity index (χ0n) is 16.5. The molecule has 7 heteroatoms. The Morgan fingerprint density at radius 1 is 1.03 bits per heavy atom. The molecule has 3 rings (SSSR count). The largest absolute Gasteiger partial charge is 0.357 e. The van der Waals surface area contributed by atoms with Gasteiger partial charge in [0.25, 0.3) is 0 Å². The second-order valence-corrected chi connectivity index (χ2v) is 6.45. The molecule has 0 atom stereocenters. The van der Waals surface area contributed by atoms with Crippen LogP contribution in [0.15, 0.2) is 72.0 Å². The van der Waals surface area contributed by atoms with Crippen LogP contribution in [0.4, 0.5) is 4.39 Å². The third-order valence-corrected chi connectivity index (χ3v) is 4.27. The highest BCUT2D eigenvalue weighted by molar-refractivity contribution is 14.0. The Morgan fingerprint density at radius 3 is 2.62 bits per heavy atom. The number of para-hydroxylation sites is 1. The third kappa shape index (κ3) is 7.49. The number of aliphatic imine (C=N–C) groups is 1. The Balaban J connectivity index is 0.00000300. The van der Waals surface area contributed by atoms with E-state index in [-0.39, 0.29) is 29.8 Å². The monoisotopic (exact) mass is 507 g/mol. The Hall–Kier alpha value is -2.42. The van der Waals surface area contributed by atoms with Gasteiger partial charge in [-0.05, 0) is 55.2 Å². The van der Waals surface area contributed by atoms with Crippen molar-refractivity contribution in [3.8, 4) is 5.69 Å². The molecule has 2 aromatic carbocycles. The van der Waals surface area contributed by atoms with Gasteiger partial charge in [-0.25, -0.2) is 9.07 Å². The Kier molecular flexibility index (Phi) is 9.63. The molecule has 0 amide bonds. The van der Waals surface area contributed by atoms with Crippen LogP contribution in [0.5, 0.6) is 0 Å². The maximum absolute atomic E-state index is 13.2. The molecule has 1 heterocycles. The van der Waals surface area contributed by atoms with E-state index in [0.717, 1.165) is 42.3 Å². The van der Waals surface area contributed by atoms with E-state index in [9.17, 15) is 4.39 Å². The molecule has 0 saturated carbocycles. The summed E-state index contributed by atoms with van der Waals surface area (Å²) in [6.45, 7) is 4.18. The van der Waals surface area contributed by atoms with Crippen molar-refractivity contribution in [3.63, 3.8) is 0 Å². The fourth-order valence-corrected chi connectivity index (χ4v) is 2.87. The van der Waals surface area contributed by atoms with Crippen LogP contribution in [-0.4, -0.2) is 35.4 Å². The number of benzene rings is 2. The quantitative estimate of drug-likeness (QED) is 0.276. The highest BCUT2D eigenvalue weighted by Gasteiger charge is 2.02. The third-order valence-electron chi connectivity index (χ3n) is 4.27. The first kappa shape index (κ1) is 22.9. The minimum absolute atomic E-state index is 0. The van der Waals surface area contributed by atoms with Crippen LogP contribution in [-0.2, 0) is 12.8 Å². The maximum atomic E-state index is 13.2. The van der Waals surface area contributed by atoms with Crippen molar-refractivity contribution in [2.24, 2.45) is 4.99 Å². The fourth-order valence-electron chi connectivity index (χ4n) is 2.87. The summed E-state index contributed by atoms with van der Waals surface area (Å²) in [5, 5.41) is 11.0. The van der Waals surface area contributed by atoms with Crippen molar-refractivity contribution in [1.29, 1.82) is 0 Å². The normalized spacial score (nSPS) is 11.0. The molecule has 0 aliphatic rings. The highest BCUT2D eigenvalue weighted by Crippen LogP contribution is 2.08. The number of rotatable bonds is 8. The SMILES string of the molecule is CCNC(=NCCc1cccc(F)c1)NCCc1cnn(-c2ccccc2)c1.I. The molecule has 3 aromatic rings. The number of hydrogen-bond acceptors (Lipinski definition) is 2. The van der Waals surface area contributed by atoms with E-state index in [0.29, 0.717) is 13.0 Å². The molecule has 0 unspecified atom stereocenters. The molecule has 1 aromatic heterocycles. The van der Waals surface area contributed by atoms with Gasteiger partial charge in [0.1, 0.15) is 5.82 Å². The smallest absolute Gasteiger partial charge is 0.191 e. The Labute approximate surface area is 188 Å². The lowest BCUT2D eigenvalue weighted by atomic mass is 10.1. The fraction of sp³-hybridized carbons (Fsp3) is 0.273. The molecular formula is C22H27FIN5. The first-order valence-corrected chi connectivity index (χ1v) is 9.60. The van der Waals surface area contributed by atoms with Crippen molar-refractivity contribution in [2.75, 3.05) is 19.6 Å². The molecule has 0 bridgehead atoms. The van der Waals surface area contributed by atoms with Crippen molar-refractivity contribution in [2.45, 2.75) is 19.8 Å². The van der Waals surface area contributed by atoms with Crippen molar-refractivity contribution >= 4 is 29.9 Å². The molecule has 0 saturated heterocycles. The zero-order chi connectivity index (χ0) is 19.6. The first-order valence-electron chi connectivity index (χ1n) is 9.60. The summed E-state index contributed by atoms with van der Waals surface area (Å²) >= 11 is 0. The van der Waals surface area contributed by atoms with Crippen LogP contribution >= 0.6 is 24.0 Å². The molecule has 0 aliphatic carbocycles. The van der Waals surface area contributed by atoms with Gasteiger partial charge in [0.05, 0.1) is 11.9 Å². The zero-order valence-corrected chi connectivity index (χ0v) is 18.8. The Morgan fingerprint density at radius 2 is 1.86 bits per heavy atom. The average Bonchev–Trinajstić information content (AvgIpc) is 3.18. The molecule has 29 heavy (non-hydrogen) atoms. The van der Waals surface area contributed by atoms with Gasteiger partial charge in [0, 0.05) is 25.8 Å². The van der Waals surface area contributed by atoms with Crippen molar-refractivity contribution in [3.05, 3.63) is 83.9 Å². The van der Waals surface area contributed by atoms with Gasteiger partial charge < -0.3 is 10.6 Å². The number of hydrogen-bond donors (Lipinski definition) is 2. The van der Waals surface area contributed by atoms with E-state index in [1.807, 2.05) is 60.4 Å². The number of aromatic nitrogens is 2. The average molecular weight is 507 g/mol. The lowest BCUT2D eigenvalue weighted by Gasteiger charge is -2.10. The van der Waals surface area contributed by atoms with Gasteiger partial charge in [-0.3, -0.25) is 4.99 Å². The second kappa shape index (κ2) is 12.2. The summed E-state index contributed by atoms with van der Waals surface area (Å²) in [6, 6.07) is 16.7. The molecule has 0 radical (unpaired) electrons. The summed E-state index contributed by atoms with van der Waals surface area (Å²) in [7, 11) is 0. The molecule has 0 fully saturated rings. The predicted octanol–water partition coefficient (Wildman–Crippen LogP) is 3.97. The second-order valence-electron chi connectivity index (χ2n) is 6.45. The first-order chi connectivity index (χ1) is 13.7. The minimum atomic E-state index is -0.206. The van der Waals surface area contributed by atoms with Gasteiger partial charge in [0.2, 0.25) is 0 Å². The summed E-state index contributed by atoms with van der Waals surface area (Å²) in [6.07, 6.45) is 5.49. The van der Waals surface area contributed by atoms with Crippen LogP contribution in [0, 0.1) is 5.82 Å². The van der Waals surface area contributed by atoms with Gasteiger partial charge >= 0.3 is 0 Å². The van der Waals surface area contributed by atoms with Gasteiger partial charge in [-0.1, -0.05) is 30.3 Å². The van der Waals surface area contributed by atoms with Crippen molar-refractivity contribution in [1.82, 2.24) is 20.4 Å². The van der Waals surface area contributed by atoms with E-state index in [1.165, 1.54) is 6.07 Å². The van der Waals surface area contributed by atoms with Crippen LogP contribution in [0.1, 0.15) is 18.1 Å². The topological polar surface area (TPSA) is 54.2 Å². The van der Waals surface area contributed by atoms with Gasteiger partial charge in [-0.2, -0.15) is 5.10 Å². The van der Waals surface area contributed by atoms with Gasteiger partial charge in [0.15, 0.2) is 5.96 Å². The van der Waals surface area contributed by atoms with E-state index in [4.69, 9.17) is 0 Å². The van der Waals surface area contributed by atoms with E-state index in [1.54, 1.807) is 12.1 Å². The number of nitrogens with one attached hydrogen (secondary N) is 2. The highest BCUT2D eigenvalue weighted by atomic mass is 127.